The molecule has 5 heteroatoms. The predicted molar refractivity (Wildman–Crippen MR) is 61.0 cm³/mol. The summed E-state index contributed by atoms with van der Waals surface area (Å²) in [5.74, 6) is 0. The zero-order chi connectivity index (χ0) is 12.3. The van der Waals surface area contributed by atoms with Crippen LogP contribution < -0.4 is 11.1 Å². The van der Waals surface area contributed by atoms with Gasteiger partial charge in [0, 0.05) is 12.1 Å². The Morgan fingerprint density at radius 2 is 2.06 bits per heavy atom. The second-order valence-corrected chi connectivity index (χ2v) is 5.39. The molecule has 1 saturated carbocycles. The van der Waals surface area contributed by atoms with Gasteiger partial charge in [0.25, 0.3) is 0 Å². The molecule has 0 aliphatic heterocycles. The van der Waals surface area contributed by atoms with Crippen molar-refractivity contribution in [3.05, 3.63) is 0 Å². The summed E-state index contributed by atoms with van der Waals surface area (Å²) in [6.45, 7) is 5.47. The normalized spacial score (nSPS) is 30.9. The topological polar surface area (TPSA) is 84.6 Å². The highest BCUT2D eigenvalue weighted by Crippen LogP contribution is 2.18. The van der Waals surface area contributed by atoms with Gasteiger partial charge < -0.3 is 20.9 Å². The lowest BCUT2D eigenvalue weighted by Crippen LogP contribution is -2.49. The molecular weight excluding hydrogens is 208 g/mol. The van der Waals surface area contributed by atoms with Gasteiger partial charge >= 0.3 is 6.09 Å². The van der Waals surface area contributed by atoms with E-state index in [9.17, 15) is 9.90 Å². The molecule has 1 amide bonds. The average molecular weight is 230 g/mol. The first-order chi connectivity index (χ1) is 7.28. The van der Waals surface area contributed by atoms with Gasteiger partial charge in [0.05, 0.1) is 6.10 Å². The van der Waals surface area contributed by atoms with Gasteiger partial charge in [0.1, 0.15) is 5.60 Å². The summed E-state index contributed by atoms with van der Waals surface area (Å²) in [6.07, 6.45) is 1.11. The molecule has 0 spiro atoms. The molecule has 0 aromatic carbocycles. The van der Waals surface area contributed by atoms with Gasteiger partial charge in [-0.15, -0.1) is 0 Å². The monoisotopic (exact) mass is 230 g/mol. The molecule has 0 bridgehead atoms. The first kappa shape index (κ1) is 13.3. The number of aliphatic hydroxyl groups excluding tert-OH is 1. The Bertz CT molecular complexity index is 250. The van der Waals surface area contributed by atoms with Crippen LogP contribution in [0.5, 0.6) is 0 Å². The van der Waals surface area contributed by atoms with Crippen LogP contribution in [-0.4, -0.2) is 35.0 Å². The highest BCUT2D eigenvalue weighted by Gasteiger charge is 2.28. The van der Waals surface area contributed by atoms with Crippen molar-refractivity contribution in [2.45, 2.75) is 63.8 Å². The van der Waals surface area contributed by atoms with Gasteiger partial charge in [0.2, 0.25) is 0 Å². The van der Waals surface area contributed by atoms with Crippen LogP contribution in [0.1, 0.15) is 40.0 Å². The maximum absolute atomic E-state index is 11.5. The van der Waals surface area contributed by atoms with Crippen LogP contribution >= 0.6 is 0 Å². The lowest BCUT2D eigenvalue weighted by Gasteiger charge is -2.31. The molecule has 1 fully saturated rings. The molecule has 0 radical (unpaired) electrons. The van der Waals surface area contributed by atoms with Crippen molar-refractivity contribution in [3.63, 3.8) is 0 Å². The van der Waals surface area contributed by atoms with Crippen LogP contribution in [0.25, 0.3) is 0 Å². The summed E-state index contributed by atoms with van der Waals surface area (Å²) in [5, 5.41) is 12.2. The number of hydrogen-bond acceptors (Lipinski definition) is 4. The van der Waals surface area contributed by atoms with Crippen molar-refractivity contribution in [1.82, 2.24) is 5.32 Å². The van der Waals surface area contributed by atoms with Crippen molar-refractivity contribution in [3.8, 4) is 0 Å². The van der Waals surface area contributed by atoms with Crippen LogP contribution in [-0.2, 0) is 4.74 Å². The summed E-state index contributed by atoms with van der Waals surface area (Å²) in [7, 11) is 0. The molecule has 0 aromatic heterocycles. The lowest BCUT2D eigenvalue weighted by molar-refractivity contribution is 0.0441. The zero-order valence-electron chi connectivity index (χ0n) is 10.2. The average Bonchev–Trinajstić information content (AvgIpc) is 2.08. The molecule has 0 heterocycles. The van der Waals surface area contributed by atoms with E-state index in [1.807, 2.05) is 20.8 Å². The number of carbonyl (C=O) groups excluding carboxylic acids is 1. The second kappa shape index (κ2) is 5.01. The third-order valence-corrected chi connectivity index (χ3v) is 2.58. The van der Waals surface area contributed by atoms with Gasteiger partial charge in [-0.05, 0) is 40.0 Å². The van der Waals surface area contributed by atoms with Crippen LogP contribution in [0, 0.1) is 0 Å². The maximum atomic E-state index is 11.5. The minimum atomic E-state index is -0.486. The molecule has 16 heavy (non-hydrogen) atoms. The van der Waals surface area contributed by atoms with Crippen molar-refractivity contribution >= 4 is 6.09 Å². The van der Waals surface area contributed by atoms with E-state index in [1.54, 1.807) is 0 Å². The van der Waals surface area contributed by atoms with E-state index in [1.165, 1.54) is 0 Å². The zero-order valence-corrected chi connectivity index (χ0v) is 10.2. The Morgan fingerprint density at radius 1 is 1.44 bits per heavy atom. The summed E-state index contributed by atoms with van der Waals surface area (Å²) in [6, 6.07) is -0.248. The van der Waals surface area contributed by atoms with E-state index >= 15 is 0 Å². The predicted octanol–water partition coefficient (Wildman–Crippen LogP) is 0.752. The molecule has 3 unspecified atom stereocenters. The SMILES string of the molecule is CC(C)(C)OC(=O)NC1CCC(O)C(N)C1. The van der Waals surface area contributed by atoms with Crippen molar-refractivity contribution < 1.29 is 14.6 Å². The molecule has 94 valence electrons. The number of carbonyl (C=O) groups is 1. The fraction of sp³-hybridized carbons (Fsp3) is 0.909. The van der Waals surface area contributed by atoms with E-state index in [0.29, 0.717) is 12.8 Å². The number of nitrogens with one attached hydrogen (secondary N) is 1. The standard InChI is InChI=1S/C11H22N2O3/c1-11(2,3)16-10(15)13-7-4-5-9(14)8(12)6-7/h7-9,14H,4-6,12H2,1-3H3,(H,13,15). The number of rotatable bonds is 1. The Balaban J connectivity index is 2.35. The highest BCUT2D eigenvalue weighted by atomic mass is 16.6. The number of aliphatic hydroxyl groups is 1. The van der Waals surface area contributed by atoms with E-state index in [4.69, 9.17) is 10.5 Å². The quantitative estimate of drug-likeness (QED) is 0.620. The molecule has 1 aliphatic carbocycles. The Kier molecular flexibility index (Phi) is 4.15. The minimum absolute atomic E-state index is 0.00764. The number of hydrogen-bond donors (Lipinski definition) is 3. The fourth-order valence-electron chi connectivity index (χ4n) is 1.79. The number of nitrogens with two attached hydrogens (primary N) is 1. The Hall–Kier alpha value is -0.810. The number of ether oxygens (including phenoxy) is 1. The number of alkyl carbamates (subject to hydrolysis) is 1. The van der Waals surface area contributed by atoms with Crippen LogP contribution in [0.4, 0.5) is 4.79 Å². The third kappa shape index (κ3) is 4.37. The number of amides is 1. The first-order valence-electron chi connectivity index (χ1n) is 5.71. The van der Waals surface area contributed by atoms with Crippen LogP contribution in [0.3, 0.4) is 0 Å². The summed E-state index contributed by atoms with van der Waals surface area (Å²) >= 11 is 0. The molecule has 1 aliphatic rings. The second-order valence-electron chi connectivity index (χ2n) is 5.39. The smallest absolute Gasteiger partial charge is 0.407 e. The molecule has 1 rings (SSSR count). The van der Waals surface area contributed by atoms with Crippen molar-refractivity contribution in [1.29, 1.82) is 0 Å². The van der Waals surface area contributed by atoms with Crippen LogP contribution in [0.15, 0.2) is 0 Å². The molecule has 0 aromatic rings. The van der Waals surface area contributed by atoms with E-state index in [2.05, 4.69) is 5.32 Å². The van der Waals surface area contributed by atoms with E-state index in [-0.39, 0.29) is 12.1 Å². The summed E-state index contributed by atoms with van der Waals surface area (Å²) < 4.78 is 5.15. The maximum Gasteiger partial charge on any atom is 0.407 e. The Morgan fingerprint density at radius 3 is 2.56 bits per heavy atom. The van der Waals surface area contributed by atoms with Gasteiger partial charge in [0.15, 0.2) is 0 Å². The molecule has 3 atom stereocenters. The molecular formula is C11H22N2O3. The van der Waals surface area contributed by atoms with Gasteiger partial charge in [-0.25, -0.2) is 4.79 Å². The van der Waals surface area contributed by atoms with Gasteiger partial charge in [-0.1, -0.05) is 0 Å². The van der Waals surface area contributed by atoms with Crippen molar-refractivity contribution in [2.24, 2.45) is 5.73 Å². The highest BCUT2D eigenvalue weighted by molar-refractivity contribution is 5.68. The largest absolute Gasteiger partial charge is 0.444 e. The third-order valence-electron chi connectivity index (χ3n) is 2.58. The van der Waals surface area contributed by atoms with E-state index in [0.717, 1.165) is 6.42 Å². The van der Waals surface area contributed by atoms with Gasteiger partial charge in [-0.2, -0.15) is 0 Å². The first-order valence-corrected chi connectivity index (χ1v) is 5.71. The summed E-state index contributed by atoms with van der Waals surface area (Å²) in [4.78, 5) is 11.5. The van der Waals surface area contributed by atoms with Gasteiger partial charge in [-0.3, -0.25) is 0 Å². The molecule has 5 nitrogen and oxygen atoms in total. The van der Waals surface area contributed by atoms with E-state index < -0.39 is 17.8 Å². The van der Waals surface area contributed by atoms with Crippen LogP contribution in [0.2, 0.25) is 0 Å². The van der Waals surface area contributed by atoms with Crippen molar-refractivity contribution in [2.75, 3.05) is 0 Å². The molecule has 4 N–H and O–H groups in total. The fourth-order valence-corrected chi connectivity index (χ4v) is 1.79. The minimum Gasteiger partial charge on any atom is -0.444 e. The Labute approximate surface area is 96.3 Å². The summed E-state index contributed by atoms with van der Waals surface area (Å²) in [5.41, 5.74) is 5.24. The lowest BCUT2D eigenvalue weighted by atomic mass is 9.89. The molecule has 0 saturated heterocycles.